The lowest BCUT2D eigenvalue weighted by molar-refractivity contribution is -0.115. The van der Waals surface area contributed by atoms with Crippen LogP contribution in [0.3, 0.4) is 0 Å². The summed E-state index contributed by atoms with van der Waals surface area (Å²) in [4.78, 5) is 11.9. The molecule has 0 spiro atoms. The number of hydrogen-bond acceptors (Lipinski definition) is 2. The van der Waals surface area contributed by atoms with Crippen molar-refractivity contribution >= 4 is 23.2 Å². The molecule has 0 aliphatic rings. The van der Waals surface area contributed by atoms with Gasteiger partial charge >= 0.3 is 0 Å². The predicted molar refractivity (Wildman–Crippen MR) is 87.7 cm³/mol. The molecule has 4 heteroatoms. The van der Waals surface area contributed by atoms with Crippen LogP contribution in [0.25, 0.3) is 0 Å². The van der Waals surface area contributed by atoms with Crippen LogP contribution < -0.4 is 10.6 Å². The summed E-state index contributed by atoms with van der Waals surface area (Å²) in [5.74, 6) is -0.0611. The lowest BCUT2D eigenvalue weighted by atomic mass is 10.1. The van der Waals surface area contributed by atoms with Crippen molar-refractivity contribution < 1.29 is 4.79 Å². The number of nitrogens with one attached hydrogen (secondary N) is 2. The maximum absolute atomic E-state index is 11.9. The Kier molecular flexibility index (Phi) is 5.37. The molecule has 0 heterocycles. The first-order valence-electron chi connectivity index (χ1n) is 6.87. The second-order valence-electron chi connectivity index (χ2n) is 5.06. The molecule has 2 aromatic carbocycles. The minimum atomic E-state index is -0.0611. The van der Waals surface area contributed by atoms with E-state index in [0.29, 0.717) is 11.6 Å². The molecule has 110 valence electrons. The van der Waals surface area contributed by atoms with Crippen molar-refractivity contribution in [2.24, 2.45) is 0 Å². The van der Waals surface area contributed by atoms with Crippen molar-refractivity contribution in [1.29, 1.82) is 0 Å². The van der Waals surface area contributed by atoms with Crippen LogP contribution in [-0.2, 0) is 11.3 Å². The largest absolute Gasteiger partial charge is 0.325 e. The van der Waals surface area contributed by atoms with E-state index in [2.05, 4.69) is 10.6 Å². The fraction of sp³-hybridized carbons (Fsp3) is 0.235. The molecule has 0 bridgehead atoms. The van der Waals surface area contributed by atoms with Crippen LogP contribution in [-0.4, -0.2) is 12.5 Å². The molecule has 0 saturated heterocycles. The summed E-state index contributed by atoms with van der Waals surface area (Å²) in [6, 6.07) is 13.6. The standard InChI is InChI=1S/C17H19ClN2O/c1-12-7-8-16(13(2)9-12)20-17(21)11-19-10-14-5-3-4-6-15(14)18/h3-9,19H,10-11H2,1-2H3,(H,20,21). The molecule has 0 fully saturated rings. The van der Waals surface area contributed by atoms with E-state index < -0.39 is 0 Å². The third-order valence-corrected chi connectivity index (χ3v) is 3.58. The summed E-state index contributed by atoms with van der Waals surface area (Å²) < 4.78 is 0. The molecule has 0 radical (unpaired) electrons. The van der Waals surface area contributed by atoms with Crippen molar-refractivity contribution in [3.63, 3.8) is 0 Å². The van der Waals surface area contributed by atoms with Gasteiger partial charge in [-0.25, -0.2) is 0 Å². The molecular weight excluding hydrogens is 284 g/mol. The zero-order valence-corrected chi connectivity index (χ0v) is 13.0. The van der Waals surface area contributed by atoms with Crippen LogP contribution in [0.1, 0.15) is 16.7 Å². The number of carbonyl (C=O) groups excluding carboxylic acids is 1. The Morgan fingerprint density at radius 1 is 1.14 bits per heavy atom. The number of hydrogen-bond donors (Lipinski definition) is 2. The van der Waals surface area contributed by atoms with E-state index in [1.807, 2.05) is 56.3 Å². The molecule has 1 amide bonds. The minimum absolute atomic E-state index is 0.0611. The molecule has 0 aliphatic carbocycles. The summed E-state index contributed by atoms with van der Waals surface area (Å²) in [7, 11) is 0. The molecule has 0 atom stereocenters. The Bertz CT molecular complexity index is 640. The second-order valence-corrected chi connectivity index (χ2v) is 5.47. The van der Waals surface area contributed by atoms with Gasteiger partial charge in [0.1, 0.15) is 0 Å². The monoisotopic (exact) mass is 302 g/mol. The molecule has 2 rings (SSSR count). The van der Waals surface area contributed by atoms with Gasteiger partial charge in [0, 0.05) is 17.3 Å². The van der Waals surface area contributed by atoms with Crippen LogP contribution in [0.5, 0.6) is 0 Å². The predicted octanol–water partition coefficient (Wildman–Crippen LogP) is 3.69. The number of anilines is 1. The minimum Gasteiger partial charge on any atom is -0.325 e. The Labute approximate surface area is 130 Å². The van der Waals surface area contributed by atoms with Crippen molar-refractivity contribution in [1.82, 2.24) is 5.32 Å². The van der Waals surface area contributed by atoms with Gasteiger partial charge < -0.3 is 10.6 Å². The number of halogens is 1. The van der Waals surface area contributed by atoms with E-state index in [4.69, 9.17) is 11.6 Å². The van der Waals surface area contributed by atoms with Crippen LogP contribution >= 0.6 is 11.6 Å². The van der Waals surface area contributed by atoms with Crippen molar-refractivity contribution in [2.45, 2.75) is 20.4 Å². The zero-order chi connectivity index (χ0) is 15.2. The first-order valence-corrected chi connectivity index (χ1v) is 7.25. The molecule has 21 heavy (non-hydrogen) atoms. The van der Waals surface area contributed by atoms with Crippen molar-refractivity contribution in [3.8, 4) is 0 Å². The number of rotatable bonds is 5. The topological polar surface area (TPSA) is 41.1 Å². The van der Waals surface area contributed by atoms with E-state index >= 15 is 0 Å². The molecule has 0 aliphatic heterocycles. The van der Waals surface area contributed by atoms with Gasteiger partial charge in [0.2, 0.25) is 5.91 Å². The van der Waals surface area contributed by atoms with E-state index in [-0.39, 0.29) is 12.5 Å². The van der Waals surface area contributed by atoms with Crippen LogP contribution in [0.2, 0.25) is 5.02 Å². The third kappa shape index (κ3) is 4.59. The van der Waals surface area contributed by atoms with Crippen LogP contribution in [0.4, 0.5) is 5.69 Å². The molecule has 2 aromatic rings. The maximum Gasteiger partial charge on any atom is 0.238 e. The SMILES string of the molecule is Cc1ccc(NC(=O)CNCc2ccccc2Cl)c(C)c1. The van der Waals surface area contributed by atoms with Gasteiger partial charge in [-0.15, -0.1) is 0 Å². The van der Waals surface area contributed by atoms with E-state index in [1.165, 1.54) is 5.56 Å². The number of aryl methyl sites for hydroxylation is 2. The van der Waals surface area contributed by atoms with Gasteiger partial charge in [-0.3, -0.25) is 4.79 Å². The average molecular weight is 303 g/mol. The first kappa shape index (κ1) is 15.5. The van der Waals surface area contributed by atoms with Gasteiger partial charge in [0.25, 0.3) is 0 Å². The Morgan fingerprint density at radius 3 is 2.62 bits per heavy atom. The number of carbonyl (C=O) groups is 1. The summed E-state index contributed by atoms with van der Waals surface area (Å²) in [5, 5.41) is 6.71. The van der Waals surface area contributed by atoms with Gasteiger partial charge in [-0.2, -0.15) is 0 Å². The highest BCUT2D eigenvalue weighted by atomic mass is 35.5. The molecule has 0 saturated carbocycles. The fourth-order valence-corrected chi connectivity index (χ4v) is 2.30. The summed E-state index contributed by atoms with van der Waals surface area (Å²) in [6.07, 6.45) is 0. The van der Waals surface area contributed by atoms with Crippen molar-refractivity contribution in [2.75, 3.05) is 11.9 Å². The van der Waals surface area contributed by atoms with E-state index in [9.17, 15) is 4.79 Å². The van der Waals surface area contributed by atoms with Crippen LogP contribution in [0, 0.1) is 13.8 Å². The molecule has 0 unspecified atom stereocenters. The Hall–Kier alpha value is -1.84. The number of amides is 1. The second kappa shape index (κ2) is 7.25. The molecule has 3 nitrogen and oxygen atoms in total. The van der Waals surface area contributed by atoms with Gasteiger partial charge in [0.05, 0.1) is 6.54 Å². The smallest absolute Gasteiger partial charge is 0.238 e. The Morgan fingerprint density at radius 2 is 1.90 bits per heavy atom. The van der Waals surface area contributed by atoms with E-state index in [1.54, 1.807) is 0 Å². The van der Waals surface area contributed by atoms with Gasteiger partial charge in [-0.05, 0) is 37.1 Å². The third-order valence-electron chi connectivity index (χ3n) is 3.21. The highest BCUT2D eigenvalue weighted by Crippen LogP contribution is 2.16. The number of benzene rings is 2. The summed E-state index contributed by atoms with van der Waals surface area (Å²) in [6.45, 7) is 4.84. The molecule has 0 aromatic heterocycles. The summed E-state index contributed by atoms with van der Waals surface area (Å²) >= 11 is 6.06. The highest BCUT2D eigenvalue weighted by molar-refractivity contribution is 6.31. The lowest BCUT2D eigenvalue weighted by Crippen LogP contribution is -2.28. The lowest BCUT2D eigenvalue weighted by Gasteiger charge is -2.10. The van der Waals surface area contributed by atoms with Gasteiger partial charge in [0.15, 0.2) is 0 Å². The highest BCUT2D eigenvalue weighted by Gasteiger charge is 2.05. The van der Waals surface area contributed by atoms with Crippen LogP contribution in [0.15, 0.2) is 42.5 Å². The molecular formula is C17H19ClN2O. The maximum atomic E-state index is 11.9. The zero-order valence-electron chi connectivity index (χ0n) is 12.2. The van der Waals surface area contributed by atoms with Gasteiger partial charge in [-0.1, -0.05) is 47.5 Å². The normalized spacial score (nSPS) is 10.4. The van der Waals surface area contributed by atoms with E-state index in [0.717, 1.165) is 16.8 Å². The molecule has 2 N–H and O–H groups in total. The first-order chi connectivity index (χ1) is 10.1. The fourth-order valence-electron chi connectivity index (χ4n) is 2.10. The average Bonchev–Trinajstić information content (AvgIpc) is 2.44. The van der Waals surface area contributed by atoms with Crippen molar-refractivity contribution in [3.05, 3.63) is 64.2 Å². The quantitative estimate of drug-likeness (QED) is 0.884. The Balaban J connectivity index is 1.84. The summed E-state index contributed by atoms with van der Waals surface area (Å²) in [5.41, 5.74) is 4.08.